The van der Waals surface area contributed by atoms with Crippen molar-refractivity contribution in [3.63, 3.8) is 0 Å². The molecule has 20 heteroatoms. The highest BCUT2D eigenvalue weighted by Gasteiger charge is 2.54. The summed E-state index contributed by atoms with van der Waals surface area (Å²) in [7, 11) is 0. The number of Topliss-reactive ketones (excluding diaryl/α,β-unsaturated/α-hetero) is 1. The lowest BCUT2D eigenvalue weighted by atomic mass is 10.0. The SMILES string of the molecule is CCN1CCN(C(=O)NC(C(C)=O)C(=O)Oc2ccc(CC(=O)NC3C(=O)N4C(C(=O)O)=C(CSc5nncs5)CS[C@@H]34)cc2)C(=O)C1=O. The van der Waals surface area contributed by atoms with Gasteiger partial charge in [-0.25, -0.2) is 14.4 Å². The van der Waals surface area contributed by atoms with Gasteiger partial charge in [0.2, 0.25) is 5.91 Å². The number of carbonyl (C=O) groups is 8. The van der Waals surface area contributed by atoms with Crippen LogP contribution in [0.5, 0.6) is 5.75 Å². The number of aliphatic carboxylic acids is 1. The van der Waals surface area contributed by atoms with Gasteiger partial charge in [0.1, 0.15) is 28.4 Å². The van der Waals surface area contributed by atoms with Crippen LogP contribution in [-0.4, -0.2) is 126 Å². The topological polar surface area (TPSA) is 226 Å². The van der Waals surface area contributed by atoms with E-state index in [0.29, 0.717) is 31.9 Å². The number of benzene rings is 1. The minimum atomic E-state index is -1.76. The molecule has 1 aromatic heterocycles. The molecular weight excluding hydrogens is 703 g/mol. The maximum Gasteiger partial charge on any atom is 0.352 e. The average Bonchev–Trinajstić information content (AvgIpc) is 3.60. The molecular formula is C29H29N7O10S3. The Hall–Kier alpha value is -4.82. The Balaban J connectivity index is 1.13. The van der Waals surface area contributed by atoms with E-state index in [-0.39, 0.29) is 37.5 Å². The number of esters is 1. The quantitative estimate of drug-likeness (QED) is 0.0646. The largest absolute Gasteiger partial charge is 0.477 e. The van der Waals surface area contributed by atoms with Crippen LogP contribution in [0.2, 0.25) is 0 Å². The molecule has 2 saturated heterocycles. The first-order valence-corrected chi connectivity index (χ1v) is 17.6. The van der Waals surface area contributed by atoms with Crippen LogP contribution in [0.25, 0.3) is 0 Å². The van der Waals surface area contributed by atoms with Gasteiger partial charge in [-0.15, -0.1) is 22.0 Å². The smallest absolute Gasteiger partial charge is 0.352 e. The lowest BCUT2D eigenvalue weighted by Crippen LogP contribution is -2.70. The number of nitrogens with one attached hydrogen (secondary N) is 2. The van der Waals surface area contributed by atoms with Crippen LogP contribution in [0.4, 0.5) is 4.79 Å². The molecule has 3 N–H and O–H groups in total. The van der Waals surface area contributed by atoms with E-state index in [9.17, 15) is 43.5 Å². The summed E-state index contributed by atoms with van der Waals surface area (Å²) >= 11 is 4.01. The second kappa shape index (κ2) is 15.2. The van der Waals surface area contributed by atoms with E-state index in [1.807, 2.05) is 0 Å². The van der Waals surface area contributed by atoms with Gasteiger partial charge in [0.25, 0.3) is 5.91 Å². The fourth-order valence-corrected chi connectivity index (χ4v) is 8.10. The number of amides is 6. The van der Waals surface area contributed by atoms with Crippen molar-refractivity contribution in [1.29, 1.82) is 0 Å². The molecule has 0 bridgehead atoms. The molecule has 2 aromatic rings. The molecule has 2 unspecified atom stereocenters. The number of ketones is 1. The van der Waals surface area contributed by atoms with Crippen molar-refractivity contribution >= 4 is 82.2 Å². The van der Waals surface area contributed by atoms with Crippen LogP contribution in [0, 0.1) is 0 Å². The van der Waals surface area contributed by atoms with Gasteiger partial charge in [0, 0.05) is 31.1 Å². The van der Waals surface area contributed by atoms with E-state index in [1.54, 1.807) is 12.4 Å². The monoisotopic (exact) mass is 731 g/mol. The summed E-state index contributed by atoms with van der Waals surface area (Å²) in [5.74, 6) is -5.43. The summed E-state index contributed by atoms with van der Waals surface area (Å²) in [5, 5.41) is 21.8. The number of rotatable bonds is 12. The fraction of sp³-hybridized carbons (Fsp3) is 0.379. The van der Waals surface area contributed by atoms with E-state index in [1.165, 1.54) is 68.9 Å². The van der Waals surface area contributed by atoms with Crippen LogP contribution >= 0.6 is 34.9 Å². The molecule has 0 spiro atoms. The number of carbonyl (C=O) groups excluding carboxylic acids is 7. The summed E-state index contributed by atoms with van der Waals surface area (Å²) in [4.78, 5) is 103. The standard InChI is InChI=1S/C29H29N7O10S3/c1-3-34-8-9-35(24(41)23(34)40)28(45)32-19(14(2)37)27(44)46-17-6-4-15(5-7-17)10-18(38)31-20-22(39)36-21(26(42)43)16(11-47-25(20)36)12-48-29-33-30-13-49-29/h4-7,13,19-20,25H,3,8-12H2,1-2H3,(H,31,38)(H,32,45)(H,42,43)/t19?,20?,25-/m0/s1. The molecule has 258 valence electrons. The van der Waals surface area contributed by atoms with Crippen LogP contribution in [0.3, 0.4) is 0 Å². The van der Waals surface area contributed by atoms with Gasteiger partial charge in [-0.2, -0.15) is 0 Å². The van der Waals surface area contributed by atoms with Crippen molar-refractivity contribution in [3.05, 3.63) is 46.6 Å². The van der Waals surface area contributed by atoms with E-state index in [2.05, 4.69) is 20.8 Å². The second-order valence-corrected chi connectivity index (χ2v) is 13.9. The first-order chi connectivity index (χ1) is 23.4. The fourth-order valence-electron chi connectivity index (χ4n) is 5.13. The molecule has 4 heterocycles. The third kappa shape index (κ3) is 7.75. The molecule has 0 radical (unpaired) electrons. The van der Waals surface area contributed by atoms with Crippen molar-refractivity contribution in [2.75, 3.05) is 31.1 Å². The van der Waals surface area contributed by atoms with Crippen molar-refractivity contribution in [1.82, 2.24) is 35.5 Å². The summed E-state index contributed by atoms with van der Waals surface area (Å²) in [6, 6.07) is 1.94. The molecule has 3 aliphatic heterocycles. The molecule has 0 saturated carbocycles. The molecule has 1 aromatic carbocycles. The normalized spacial score (nSPS) is 19.6. The lowest BCUT2D eigenvalue weighted by molar-refractivity contribution is -0.153. The molecule has 3 aliphatic rings. The predicted molar refractivity (Wildman–Crippen MR) is 173 cm³/mol. The molecule has 3 atom stereocenters. The van der Waals surface area contributed by atoms with E-state index in [0.717, 1.165) is 6.92 Å². The number of nitrogens with zero attached hydrogens (tertiary/aromatic N) is 5. The minimum absolute atomic E-state index is 0.00559. The molecule has 2 fully saturated rings. The molecule has 49 heavy (non-hydrogen) atoms. The highest BCUT2D eigenvalue weighted by molar-refractivity contribution is 8.01. The zero-order chi connectivity index (χ0) is 35.4. The number of carboxylic acids is 1. The van der Waals surface area contributed by atoms with Crippen molar-refractivity contribution in [3.8, 4) is 5.75 Å². The number of imide groups is 1. The number of urea groups is 1. The van der Waals surface area contributed by atoms with Crippen LogP contribution in [0.15, 0.2) is 45.4 Å². The molecule has 17 nitrogen and oxygen atoms in total. The summed E-state index contributed by atoms with van der Waals surface area (Å²) in [6.07, 6.45) is -0.148. The van der Waals surface area contributed by atoms with E-state index < -0.39 is 64.8 Å². The van der Waals surface area contributed by atoms with Gasteiger partial charge in [0.05, 0.1) is 6.42 Å². The number of β-lactam (4-membered cyclic amide) rings is 1. The number of hydrogen-bond donors (Lipinski definition) is 3. The Morgan fingerprint density at radius 2 is 1.84 bits per heavy atom. The second-order valence-electron chi connectivity index (χ2n) is 10.8. The molecule has 0 aliphatic carbocycles. The number of ether oxygens (including phenoxy) is 1. The number of thioether (sulfide) groups is 2. The van der Waals surface area contributed by atoms with Gasteiger partial charge in [-0.3, -0.25) is 33.8 Å². The Kier molecular flexibility index (Phi) is 11.0. The van der Waals surface area contributed by atoms with Crippen LogP contribution < -0.4 is 15.4 Å². The maximum absolute atomic E-state index is 13.0. The Labute approximate surface area is 290 Å². The zero-order valence-corrected chi connectivity index (χ0v) is 28.4. The van der Waals surface area contributed by atoms with Crippen molar-refractivity contribution in [2.24, 2.45) is 0 Å². The number of fused-ring (bicyclic) bond motifs is 1. The first kappa shape index (κ1) is 35.5. The van der Waals surface area contributed by atoms with Gasteiger partial charge in [0.15, 0.2) is 16.2 Å². The van der Waals surface area contributed by atoms with Gasteiger partial charge < -0.3 is 25.4 Å². The van der Waals surface area contributed by atoms with Crippen LogP contribution in [0.1, 0.15) is 19.4 Å². The summed E-state index contributed by atoms with van der Waals surface area (Å²) in [5.41, 5.74) is 2.54. The van der Waals surface area contributed by atoms with E-state index >= 15 is 0 Å². The maximum atomic E-state index is 13.0. The Bertz CT molecular complexity index is 1730. The predicted octanol–water partition coefficient (Wildman–Crippen LogP) is -0.125. The first-order valence-electron chi connectivity index (χ1n) is 14.7. The zero-order valence-electron chi connectivity index (χ0n) is 25.9. The molecule has 5 rings (SSSR count). The molecule has 6 amide bonds. The average molecular weight is 732 g/mol. The highest BCUT2D eigenvalue weighted by atomic mass is 32.2. The summed E-state index contributed by atoms with van der Waals surface area (Å²) in [6.45, 7) is 3.01. The number of likely N-dealkylation sites (N-methyl/N-ethyl adjacent to an activating group) is 1. The lowest BCUT2D eigenvalue weighted by Gasteiger charge is -2.49. The number of carboxylic acid groups (broad SMARTS) is 1. The van der Waals surface area contributed by atoms with Gasteiger partial charge >= 0.3 is 29.8 Å². The highest BCUT2D eigenvalue weighted by Crippen LogP contribution is 2.41. The summed E-state index contributed by atoms with van der Waals surface area (Å²) < 4.78 is 5.92. The number of piperazine rings is 1. The Morgan fingerprint density at radius 3 is 2.47 bits per heavy atom. The van der Waals surface area contributed by atoms with Crippen LogP contribution in [-0.2, 0) is 40.0 Å². The third-order valence-electron chi connectivity index (χ3n) is 7.63. The number of hydrogen-bond acceptors (Lipinski definition) is 14. The van der Waals surface area contributed by atoms with Gasteiger partial charge in [-0.1, -0.05) is 35.2 Å². The minimum Gasteiger partial charge on any atom is -0.477 e. The van der Waals surface area contributed by atoms with Crippen molar-refractivity contribution in [2.45, 2.75) is 42.1 Å². The number of aromatic nitrogens is 2. The van der Waals surface area contributed by atoms with Crippen molar-refractivity contribution < 1.29 is 48.2 Å². The van der Waals surface area contributed by atoms with E-state index in [4.69, 9.17) is 4.74 Å². The van der Waals surface area contributed by atoms with Gasteiger partial charge in [-0.05, 0) is 37.1 Å². The third-order valence-corrected chi connectivity index (χ3v) is 10.9. The Morgan fingerprint density at radius 1 is 1.10 bits per heavy atom.